The number of nitriles is 1. The van der Waals surface area contributed by atoms with Gasteiger partial charge in [0, 0.05) is 56.1 Å². The van der Waals surface area contributed by atoms with Crippen LogP contribution in [0.3, 0.4) is 0 Å². The second kappa shape index (κ2) is 11.9. The summed E-state index contributed by atoms with van der Waals surface area (Å²) >= 11 is 0. The zero-order valence-corrected chi connectivity index (χ0v) is 23.6. The number of nitrogens with zero attached hydrogens (tertiary/aromatic N) is 8. The van der Waals surface area contributed by atoms with E-state index in [0.29, 0.717) is 35.9 Å². The molecule has 0 aliphatic carbocycles. The molecule has 6 heterocycles. The first kappa shape index (κ1) is 27.4. The first-order valence-corrected chi connectivity index (χ1v) is 13.4. The molecule has 3 saturated heterocycles. The molecule has 0 spiro atoms. The molecule has 2 unspecified atom stereocenters. The Morgan fingerprint density at radius 1 is 1.25 bits per heavy atom. The molecule has 0 aromatic carbocycles. The van der Waals surface area contributed by atoms with E-state index in [1.807, 2.05) is 57.7 Å². The smallest absolute Gasteiger partial charge is 0.212 e. The van der Waals surface area contributed by atoms with Gasteiger partial charge in [-0.25, -0.2) is 14.5 Å². The second-order valence-electron chi connectivity index (χ2n) is 10.6. The highest BCUT2D eigenvalue weighted by Crippen LogP contribution is 2.35. The maximum absolute atomic E-state index is 9.68. The molecule has 3 aliphatic rings. The molecule has 10 heteroatoms. The number of fused-ring (bicyclic) bond motifs is 3. The van der Waals surface area contributed by atoms with E-state index in [4.69, 9.17) is 9.47 Å². The van der Waals surface area contributed by atoms with Crippen LogP contribution < -0.4 is 9.47 Å². The van der Waals surface area contributed by atoms with E-state index < -0.39 is 0 Å². The van der Waals surface area contributed by atoms with E-state index in [1.165, 1.54) is 12.0 Å². The van der Waals surface area contributed by atoms with Gasteiger partial charge in [0.15, 0.2) is 0 Å². The minimum absolute atomic E-state index is 0.469. The molecule has 6 rings (SSSR count). The summed E-state index contributed by atoms with van der Waals surface area (Å²) in [4.78, 5) is 15.6. The third-order valence-electron chi connectivity index (χ3n) is 7.62. The van der Waals surface area contributed by atoms with Gasteiger partial charge in [0.2, 0.25) is 5.88 Å². The Labute approximate surface area is 235 Å². The van der Waals surface area contributed by atoms with E-state index in [-0.39, 0.29) is 0 Å². The number of piperazine rings is 1. The van der Waals surface area contributed by atoms with Crippen LogP contribution in [0.25, 0.3) is 11.1 Å². The highest BCUT2D eigenvalue weighted by Gasteiger charge is 2.44. The van der Waals surface area contributed by atoms with Crippen LogP contribution in [-0.2, 0) is 6.54 Å². The molecule has 208 valence electrons. The highest BCUT2D eigenvalue weighted by molar-refractivity contribution is 5.82. The Morgan fingerprint density at radius 2 is 2.05 bits per heavy atom. The molecular formula is C30H36N8O2. The standard InChI is InChI=1S/C30H36N8O2/c1-21(27-13-26(40-11-10-35(3)4)20-38-30(27)23(14-31)16-34-38)6-8-28(32-2)36-18-24-12-25(19-36)37(24)17-22-7-9-29(39-5)33-15-22/h6-9,13,15-16,20,24-25H,2,10-12,17-19H2,1,3-5H3/b21-6+,28-8+. The van der Waals surface area contributed by atoms with E-state index >= 15 is 0 Å². The number of methoxy groups -OCH3 is 1. The van der Waals surface area contributed by atoms with Crippen molar-refractivity contribution < 1.29 is 9.47 Å². The van der Waals surface area contributed by atoms with Crippen molar-refractivity contribution >= 4 is 17.8 Å². The number of piperidine rings is 1. The lowest BCUT2D eigenvalue weighted by Crippen LogP contribution is -2.67. The highest BCUT2D eigenvalue weighted by atomic mass is 16.5. The van der Waals surface area contributed by atoms with Crippen LogP contribution in [-0.4, -0.2) is 95.5 Å². The van der Waals surface area contributed by atoms with Crippen molar-refractivity contribution in [3.8, 4) is 17.7 Å². The fourth-order valence-electron chi connectivity index (χ4n) is 5.42. The van der Waals surface area contributed by atoms with E-state index in [9.17, 15) is 5.26 Å². The predicted molar refractivity (Wildman–Crippen MR) is 155 cm³/mol. The molecule has 40 heavy (non-hydrogen) atoms. The molecule has 3 aromatic heterocycles. The van der Waals surface area contributed by atoms with Crippen LogP contribution in [0.15, 0.2) is 59.8 Å². The Morgan fingerprint density at radius 3 is 2.70 bits per heavy atom. The van der Waals surface area contributed by atoms with E-state index in [0.717, 1.165) is 48.7 Å². The summed E-state index contributed by atoms with van der Waals surface area (Å²) in [5, 5.41) is 14.1. The third-order valence-corrected chi connectivity index (χ3v) is 7.62. The van der Waals surface area contributed by atoms with Gasteiger partial charge in [-0.3, -0.25) is 4.90 Å². The second-order valence-corrected chi connectivity index (χ2v) is 10.6. The van der Waals surface area contributed by atoms with Crippen molar-refractivity contribution in [2.75, 3.05) is 47.4 Å². The first-order chi connectivity index (χ1) is 19.4. The first-order valence-electron chi connectivity index (χ1n) is 13.4. The van der Waals surface area contributed by atoms with Gasteiger partial charge in [-0.15, -0.1) is 0 Å². The monoisotopic (exact) mass is 540 g/mol. The minimum Gasteiger partial charge on any atom is -0.491 e. The number of hydrogen-bond acceptors (Lipinski definition) is 9. The summed E-state index contributed by atoms with van der Waals surface area (Å²) in [6.45, 7) is 9.93. The molecule has 0 N–H and O–H groups in total. The van der Waals surface area contributed by atoms with Crippen LogP contribution in [0.2, 0.25) is 0 Å². The van der Waals surface area contributed by atoms with Crippen molar-refractivity contribution in [3.05, 3.63) is 71.5 Å². The molecule has 3 aliphatic heterocycles. The van der Waals surface area contributed by atoms with Crippen molar-refractivity contribution in [1.82, 2.24) is 29.3 Å². The van der Waals surface area contributed by atoms with Gasteiger partial charge in [0.1, 0.15) is 24.2 Å². The average molecular weight is 541 g/mol. The van der Waals surface area contributed by atoms with Crippen LogP contribution >= 0.6 is 0 Å². The largest absolute Gasteiger partial charge is 0.491 e. The summed E-state index contributed by atoms with van der Waals surface area (Å²) in [6, 6.07) is 9.18. The fourth-order valence-corrected chi connectivity index (χ4v) is 5.42. The van der Waals surface area contributed by atoms with E-state index in [2.05, 4.69) is 48.6 Å². The van der Waals surface area contributed by atoms with Crippen LogP contribution in [0, 0.1) is 11.3 Å². The predicted octanol–water partition coefficient (Wildman–Crippen LogP) is 3.45. The summed E-state index contributed by atoms with van der Waals surface area (Å²) in [6.07, 6.45) is 10.6. The number of likely N-dealkylation sites (N-methyl/N-ethyl adjacent to an activating group) is 1. The number of allylic oxidation sites excluding steroid dienone is 3. The van der Waals surface area contributed by atoms with Crippen molar-refractivity contribution in [3.63, 3.8) is 0 Å². The van der Waals surface area contributed by atoms with Crippen LogP contribution in [0.1, 0.15) is 30.0 Å². The zero-order chi connectivity index (χ0) is 28.2. The topological polar surface area (TPSA) is 94.5 Å². The van der Waals surface area contributed by atoms with Gasteiger partial charge in [-0.2, -0.15) is 10.4 Å². The van der Waals surface area contributed by atoms with Gasteiger partial charge in [0.25, 0.3) is 0 Å². The SMILES string of the molecule is C=N/C(=C\C=C(/C)c1cc(OCCN(C)C)cn2ncc(C#N)c12)N1CC2CC(C1)N2Cc1ccc(OC)nc1. The number of ether oxygens (including phenoxy) is 2. The minimum atomic E-state index is 0.469. The quantitative estimate of drug-likeness (QED) is 0.270. The Hall–Kier alpha value is -4.20. The molecule has 3 fully saturated rings. The van der Waals surface area contributed by atoms with E-state index in [1.54, 1.807) is 17.8 Å². The summed E-state index contributed by atoms with van der Waals surface area (Å²) < 4.78 is 12.9. The van der Waals surface area contributed by atoms with Gasteiger partial charge in [0.05, 0.1) is 30.6 Å². The Kier molecular flexibility index (Phi) is 8.14. The molecule has 10 nitrogen and oxygen atoms in total. The van der Waals surface area contributed by atoms with Gasteiger partial charge in [-0.1, -0.05) is 12.1 Å². The molecule has 0 amide bonds. The van der Waals surface area contributed by atoms with Crippen molar-refractivity contribution in [2.24, 2.45) is 4.99 Å². The molecule has 0 saturated carbocycles. The Balaban J connectivity index is 1.32. The lowest BCUT2D eigenvalue weighted by molar-refractivity contribution is -0.0645. The van der Waals surface area contributed by atoms with Gasteiger partial charge < -0.3 is 19.3 Å². The summed E-state index contributed by atoms with van der Waals surface area (Å²) in [7, 11) is 5.65. The molecule has 2 bridgehead atoms. The summed E-state index contributed by atoms with van der Waals surface area (Å²) in [5.74, 6) is 2.19. The van der Waals surface area contributed by atoms with Gasteiger partial charge >= 0.3 is 0 Å². The number of aliphatic imine (C=N–C) groups is 1. The normalized spacial score (nSPS) is 19.4. The number of hydrogen-bond donors (Lipinski definition) is 0. The molecular weight excluding hydrogens is 504 g/mol. The zero-order valence-electron chi connectivity index (χ0n) is 23.6. The van der Waals surface area contributed by atoms with Crippen molar-refractivity contribution in [1.29, 1.82) is 5.26 Å². The molecule has 3 aromatic rings. The number of pyridine rings is 2. The Bertz CT molecular complexity index is 1460. The third kappa shape index (κ3) is 5.71. The summed E-state index contributed by atoms with van der Waals surface area (Å²) in [5.41, 5.74) is 4.36. The van der Waals surface area contributed by atoms with Crippen LogP contribution in [0.4, 0.5) is 0 Å². The van der Waals surface area contributed by atoms with Gasteiger partial charge in [-0.05, 0) is 57.4 Å². The lowest BCUT2D eigenvalue weighted by atomic mass is 9.87. The number of rotatable bonds is 11. The number of aromatic nitrogens is 3. The van der Waals surface area contributed by atoms with Crippen LogP contribution in [0.5, 0.6) is 11.6 Å². The maximum atomic E-state index is 9.68. The lowest BCUT2D eigenvalue weighted by Gasteiger charge is -2.57. The molecule has 2 atom stereocenters. The fraction of sp³-hybridized carbons (Fsp3) is 0.400. The maximum Gasteiger partial charge on any atom is 0.212 e. The molecule has 0 radical (unpaired) electrons. The average Bonchev–Trinajstić information content (AvgIpc) is 3.39. The van der Waals surface area contributed by atoms with Crippen molar-refractivity contribution in [2.45, 2.75) is 32.0 Å².